The van der Waals surface area contributed by atoms with E-state index in [0.29, 0.717) is 37.2 Å². The normalized spacial score (nSPS) is 15.5. The Kier molecular flexibility index (Phi) is 4.89. The van der Waals surface area contributed by atoms with E-state index in [1.165, 1.54) is 23.5 Å². The van der Waals surface area contributed by atoms with Crippen molar-refractivity contribution in [2.75, 3.05) is 13.1 Å². The fraction of sp³-hybridized carbons (Fsp3) is 0.353. The highest BCUT2D eigenvalue weighted by molar-refractivity contribution is 7.13. The summed E-state index contributed by atoms with van der Waals surface area (Å²) in [5.74, 6) is -1.52. The lowest BCUT2D eigenvalue weighted by atomic mass is 9.97. The molecule has 24 heavy (non-hydrogen) atoms. The maximum atomic E-state index is 12.9. The molecule has 1 aliphatic heterocycles. The molecule has 1 saturated heterocycles. The maximum absolute atomic E-state index is 12.9. The number of piperidine rings is 1. The first-order valence-corrected chi connectivity index (χ1v) is 8.56. The van der Waals surface area contributed by atoms with Crippen molar-refractivity contribution in [3.63, 3.8) is 0 Å². The smallest absolute Gasteiger partial charge is 0.306 e. The number of aromatic nitrogens is 1. The highest BCUT2D eigenvalue weighted by Crippen LogP contribution is 2.23. The van der Waals surface area contributed by atoms with E-state index in [9.17, 15) is 14.0 Å². The lowest BCUT2D eigenvalue weighted by Gasteiger charge is -2.29. The molecule has 0 atom stereocenters. The molecule has 1 fully saturated rings. The van der Waals surface area contributed by atoms with E-state index >= 15 is 0 Å². The van der Waals surface area contributed by atoms with Crippen molar-refractivity contribution in [3.05, 3.63) is 51.7 Å². The van der Waals surface area contributed by atoms with E-state index in [0.717, 1.165) is 10.6 Å². The minimum absolute atomic E-state index is 0.0957. The van der Waals surface area contributed by atoms with Crippen LogP contribution in [0, 0.1) is 11.7 Å². The van der Waals surface area contributed by atoms with E-state index in [1.807, 2.05) is 0 Å². The van der Waals surface area contributed by atoms with Crippen molar-refractivity contribution in [1.29, 1.82) is 0 Å². The number of carbonyl (C=O) groups excluding carboxylic acids is 1. The van der Waals surface area contributed by atoms with Crippen molar-refractivity contribution in [1.82, 2.24) is 9.88 Å². The number of hydrogen-bond acceptors (Lipinski definition) is 4. The van der Waals surface area contributed by atoms with Crippen LogP contribution in [0.25, 0.3) is 0 Å². The third-order valence-corrected chi connectivity index (χ3v) is 5.15. The lowest BCUT2D eigenvalue weighted by Crippen LogP contribution is -2.39. The third-order valence-electron chi connectivity index (χ3n) is 4.16. The van der Waals surface area contributed by atoms with E-state index in [1.54, 1.807) is 23.2 Å². The van der Waals surface area contributed by atoms with E-state index in [-0.39, 0.29) is 17.6 Å². The van der Waals surface area contributed by atoms with Gasteiger partial charge in [-0.05, 0) is 30.5 Å². The number of nitrogens with zero attached hydrogens (tertiary/aromatic N) is 2. The zero-order valence-electron chi connectivity index (χ0n) is 12.9. The maximum Gasteiger partial charge on any atom is 0.306 e. The van der Waals surface area contributed by atoms with Gasteiger partial charge in [0.1, 0.15) is 10.7 Å². The number of aliphatic carboxylic acids is 1. The fourth-order valence-electron chi connectivity index (χ4n) is 2.75. The molecule has 1 aromatic heterocycles. The van der Waals surface area contributed by atoms with E-state index in [2.05, 4.69) is 4.98 Å². The number of carboxylic acids is 1. The second-order valence-corrected chi connectivity index (χ2v) is 6.94. The monoisotopic (exact) mass is 348 g/mol. The zero-order chi connectivity index (χ0) is 17.1. The predicted molar refractivity (Wildman–Crippen MR) is 87.6 cm³/mol. The average molecular weight is 348 g/mol. The number of amides is 1. The Morgan fingerprint density at radius 3 is 2.54 bits per heavy atom. The molecule has 1 aromatic carbocycles. The minimum Gasteiger partial charge on any atom is -0.481 e. The van der Waals surface area contributed by atoms with Gasteiger partial charge < -0.3 is 10.0 Å². The first-order valence-electron chi connectivity index (χ1n) is 7.74. The topological polar surface area (TPSA) is 70.5 Å². The molecule has 1 amide bonds. The number of hydrogen-bond donors (Lipinski definition) is 1. The Morgan fingerprint density at radius 1 is 1.25 bits per heavy atom. The van der Waals surface area contributed by atoms with Gasteiger partial charge in [-0.3, -0.25) is 9.59 Å². The van der Waals surface area contributed by atoms with E-state index < -0.39 is 5.97 Å². The van der Waals surface area contributed by atoms with Crippen molar-refractivity contribution in [2.45, 2.75) is 19.3 Å². The summed E-state index contributed by atoms with van der Waals surface area (Å²) < 4.78 is 12.9. The van der Waals surface area contributed by atoms with Gasteiger partial charge in [0, 0.05) is 19.5 Å². The molecule has 0 bridgehead atoms. The number of carboxylic acid groups (broad SMARTS) is 1. The number of halogens is 1. The molecule has 0 radical (unpaired) electrons. The van der Waals surface area contributed by atoms with Crippen LogP contribution in [-0.2, 0) is 11.2 Å². The van der Waals surface area contributed by atoms with Crippen LogP contribution in [0.15, 0.2) is 30.5 Å². The summed E-state index contributed by atoms with van der Waals surface area (Å²) in [7, 11) is 0. The molecule has 7 heteroatoms. The Bertz CT molecular complexity index is 737. The fourth-order valence-corrected chi connectivity index (χ4v) is 3.67. The number of likely N-dealkylation sites (tertiary alicyclic amines) is 1. The summed E-state index contributed by atoms with van der Waals surface area (Å²) in [6, 6.07) is 6.22. The second-order valence-electron chi connectivity index (χ2n) is 5.83. The van der Waals surface area contributed by atoms with Gasteiger partial charge in [0.05, 0.1) is 17.1 Å². The van der Waals surface area contributed by atoms with Crippen molar-refractivity contribution in [3.8, 4) is 0 Å². The van der Waals surface area contributed by atoms with Crippen LogP contribution in [-0.4, -0.2) is 40.0 Å². The molecular weight excluding hydrogens is 331 g/mol. The summed E-state index contributed by atoms with van der Waals surface area (Å²) >= 11 is 1.33. The van der Waals surface area contributed by atoms with Gasteiger partial charge in [-0.1, -0.05) is 12.1 Å². The Morgan fingerprint density at radius 2 is 1.92 bits per heavy atom. The SMILES string of the molecule is O=C(O)C1CCN(C(=O)c2cnc(Cc3ccc(F)cc3)s2)CC1. The number of benzene rings is 1. The molecule has 1 N–H and O–H groups in total. The molecule has 126 valence electrons. The van der Waals surface area contributed by atoms with Gasteiger partial charge in [-0.2, -0.15) is 0 Å². The number of rotatable bonds is 4. The summed E-state index contributed by atoms with van der Waals surface area (Å²) in [6.07, 6.45) is 3.10. The highest BCUT2D eigenvalue weighted by atomic mass is 32.1. The lowest BCUT2D eigenvalue weighted by molar-refractivity contribution is -0.143. The summed E-state index contributed by atoms with van der Waals surface area (Å²) in [6.45, 7) is 0.919. The van der Waals surface area contributed by atoms with Crippen molar-refractivity contribution >= 4 is 23.2 Å². The average Bonchev–Trinajstić information content (AvgIpc) is 3.05. The molecule has 2 heterocycles. The summed E-state index contributed by atoms with van der Waals surface area (Å²) in [5, 5.41) is 9.80. The van der Waals surface area contributed by atoms with Crippen LogP contribution in [0.1, 0.15) is 33.1 Å². The van der Waals surface area contributed by atoms with Gasteiger partial charge >= 0.3 is 5.97 Å². The predicted octanol–water partition coefficient (Wildman–Crippen LogP) is 2.81. The van der Waals surface area contributed by atoms with Crippen LogP contribution in [0.2, 0.25) is 0 Å². The van der Waals surface area contributed by atoms with Crippen molar-refractivity contribution < 1.29 is 19.1 Å². The minimum atomic E-state index is -0.790. The van der Waals surface area contributed by atoms with Crippen molar-refractivity contribution in [2.24, 2.45) is 5.92 Å². The number of carbonyl (C=O) groups is 2. The Labute approximate surface area is 142 Å². The third kappa shape index (κ3) is 3.79. The molecule has 5 nitrogen and oxygen atoms in total. The molecule has 2 aromatic rings. The first-order chi connectivity index (χ1) is 11.5. The number of thiazole rings is 1. The van der Waals surface area contributed by atoms with Crippen LogP contribution < -0.4 is 0 Å². The molecule has 0 saturated carbocycles. The summed E-state index contributed by atoms with van der Waals surface area (Å²) in [4.78, 5) is 30.0. The van der Waals surface area contributed by atoms with Crippen LogP contribution >= 0.6 is 11.3 Å². The van der Waals surface area contributed by atoms with Gasteiger partial charge in [0.25, 0.3) is 5.91 Å². The zero-order valence-corrected chi connectivity index (χ0v) is 13.8. The molecule has 0 unspecified atom stereocenters. The largest absolute Gasteiger partial charge is 0.481 e. The van der Waals surface area contributed by atoms with E-state index in [4.69, 9.17) is 5.11 Å². The summed E-state index contributed by atoms with van der Waals surface area (Å²) in [5.41, 5.74) is 0.937. The van der Waals surface area contributed by atoms with Crippen LogP contribution in [0.4, 0.5) is 4.39 Å². The van der Waals surface area contributed by atoms with Crippen LogP contribution in [0.5, 0.6) is 0 Å². The standard InChI is InChI=1S/C17H17FN2O3S/c18-13-3-1-11(2-4-13)9-15-19-10-14(24-15)16(21)20-7-5-12(6-8-20)17(22)23/h1-4,10,12H,5-9H2,(H,22,23). The quantitative estimate of drug-likeness (QED) is 0.922. The van der Waals surface area contributed by atoms with Crippen LogP contribution in [0.3, 0.4) is 0 Å². The molecular formula is C17H17FN2O3S. The second kappa shape index (κ2) is 7.09. The first kappa shape index (κ1) is 16.6. The van der Waals surface area contributed by atoms with Gasteiger partial charge in [-0.25, -0.2) is 9.37 Å². The molecule has 0 aliphatic carbocycles. The highest BCUT2D eigenvalue weighted by Gasteiger charge is 2.28. The molecule has 3 rings (SSSR count). The van der Waals surface area contributed by atoms with Gasteiger partial charge in [-0.15, -0.1) is 11.3 Å². The Hall–Kier alpha value is -2.28. The van der Waals surface area contributed by atoms with Gasteiger partial charge in [0.2, 0.25) is 0 Å². The van der Waals surface area contributed by atoms with Gasteiger partial charge in [0.15, 0.2) is 0 Å². The molecule has 0 spiro atoms. The molecule has 1 aliphatic rings. The Balaban J connectivity index is 1.62.